The van der Waals surface area contributed by atoms with Crippen molar-refractivity contribution in [2.75, 3.05) is 34.2 Å². The van der Waals surface area contributed by atoms with Crippen molar-refractivity contribution in [3.05, 3.63) is 35.9 Å². The fraction of sp³-hybridized carbons (Fsp3) is 0.429. The minimum absolute atomic E-state index is 0. The molecule has 0 aromatic heterocycles. The van der Waals surface area contributed by atoms with E-state index in [0.717, 1.165) is 5.56 Å². The Morgan fingerprint density at radius 2 is 1.70 bits per heavy atom. The highest BCUT2D eigenvalue weighted by Crippen LogP contribution is 2.16. The molecule has 0 bridgehead atoms. The van der Waals surface area contributed by atoms with Gasteiger partial charge in [-0.15, -0.1) is 12.4 Å². The topological polar surface area (TPSA) is 66.6 Å². The van der Waals surface area contributed by atoms with Gasteiger partial charge in [-0.1, -0.05) is 30.3 Å². The number of carbonyl (C=O) groups is 2. The first kappa shape index (κ1) is 18.4. The van der Waals surface area contributed by atoms with E-state index in [1.54, 1.807) is 21.1 Å². The molecule has 5 nitrogen and oxygen atoms in total. The average molecular weight is 300 g/mol. The van der Waals surface area contributed by atoms with Gasteiger partial charge in [-0.2, -0.15) is 0 Å². The Labute approximate surface area is 126 Å². The summed E-state index contributed by atoms with van der Waals surface area (Å²) in [5.41, 5.74) is 6.57. The first-order chi connectivity index (χ1) is 8.97. The van der Waals surface area contributed by atoms with E-state index in [2.05, 4.69) is 0 Å². The summed E-state index contributed by atoms with van der Waals surface area (Å²) in [6, 6.07) is 9.38. The first-order valence-electron chi connectivity index (χ1n) is 6.17. The highest BCUT2D eigenvalue weighted by atomic mass is 35.5. The maximum Gasteiger partial charge on any atom is 0.241 e. The number of amides is 2. The Bertz CT molecular complexity index is 437. The molecule has 1 aromatic carbocycles. The highest BCUT2D eigenvalue weighted by Gasteiger charge is 2.23. The maximum absolute atomic E-state index is 12.3. The molecule has 1 atom stereocenters. The van der Waals surface area contributed by atoms with E-state index in [4.69, 9.17) is 5.73 Å². The van der Waals surface area contributed by atoms with Crippen molar-refractivity contribution in [3.8, 4) is 0 Å². The standard InChI is InChI=1S/C14H21N3O2.ClH/c1-16(2)13(18)10-17(3)14(19)12(9-15)11-7-5-4-6-8-11;/h4-8,12H,9-10,15H2,1-3H3;1H. The number of halogens is 1. The second-order valence-electron chi connectivity index (χ2n) is 4.68. The zero-order valence-electron chi connectivity index (χ0n) is 12.1. The van der Waals surface area contributed by atoms with Gasteiger partial charge in [0.1, 0.15) is 0 Å². The zero-order chi connectivity index (χ0) is 14.4. The van der Waals surface area contributed by atoms with Crippen LogP contribution in [0.1, 0.15) is 11.5 Å². The molecule has 2 N–H and O–H groups in total. The van der Waals surface area contributed by atoms with Crippen molar-refractivity contribution in [1.82, 2.24) is 9.80 Å². The molecule has 0 aliphatic carbocycles. The van der Waals surface area contributed by atoms with Crippen molar-refractivity contribution in [2.45, 2.75) is 5.92 Å². The van der Waals surface area contributed by atoms with Gasteiger partial charge in [-0.3, -0.25) is 9.59 Å². The molecule has 20 heavy (non-hydrogen) atoms. The lowest BCUT2D eigenvalue weighted by Crippen LogP contribution is -2.41. The number of hydrogen-bond donors (Lipinski definition) is 1. The molecular formula is C14H22ClN3O2. The summed E-state index contributed by atoms with van der Waals surface area (Å²) in [5, 5.41) is 0. The molecule has 1 rings (SSSR count). The molecule has 0 aliphatic heterocycles. The molecule has 0 heterocycles. The number of rotatable bonds is 5. The number of likely N-dealkylation sites (N-methyl/N-ethyl adjacent to an activating group) is 2. The van der Waals surface area contributed by atoms with Gasteiger partial charge >= 0.3 is 0 Å². The van der Waals surface area contributed by atoms with Gasteiger partial charge in [0.05, 0.1) is 12.5 Å². The van der Waals surface area contributed by atoms with Crippen LogP contribution in [0.25, 0.3) is 0 Å². The fourth-order valence-electron chi connectivity index (χ4n) is 1.75. The van der Waals surface area contributed by atoms with Crippen LogP contribution >= 0.6 is 12.4 Å². The Hall–Kier alpha value is -1.59. The Morgan fingerprint density at radius 3 is 2.15 bits per heavy atom. The van der Waals surface area contributed by atoms with Crippen LogP contribution in [0, 0.1) is 0 Å². The molecule has 2 amide bonds. The Balaban J connectivity index is 0.00000361. The SMILES string of the molecule is CN(C)C(=O)CN(C)C(=O)C(CN)c1ccccc1.Cl. The molecule has 112 valence electrons. The smallest absolute Gasteiger partial charge is 0.241 e. The second kappa shape index (κ2) is 8.55. The van der Waals surface area contributed by atoms with E-state index < -0.39 is 5.92 Å². The van der Waals surface area contributed by atoms with Crippen LogP contribution < -0.4 is 5.73 Å². The summed E-state index contributed by atoms with van der Waals surface area (Å²) < 4.78 is 0. The van der Waals surface area contributed by atoms with Crippen molar-refractivity contribution >= 4 is 24.2 Å². The van der Waals surface area contributed by atoms with Crippen molar-refractivity contribution in [1.29, 1.82) is 0 Å². The monoisotopic (exact) mass is 299 g/mol. The van der Waals surface area contributed by atoms with Gasteiger partial charge in [0.25, 0.3) is 0 Å². The summed E-state index contributed by atoms with van der Waals surface area (Å²) in [4.78, 5) is 26.8. The zero-order valence-corrected chi connectivity index (χ0v) is 12.9. The molecule has 6 heteroatoms. The van der Waals surface area contributed by atoms with Crippen LogP contribution in [0.3, 0.4) is 0 Å². The van der Waals surface area contributed by atoms with E-state index in [-0.39, 0.29) is 37.3 Å². The molecule has 0 fully saturated rings. The number of benzene rings is 1. The maximum atomic E-state index is 12.3. The second-order valence-corrected chi connectivity index (χ2v) is 4.68. The van der Waals surface area contributed by atoms with Crippen molar-refractivity contribution in [3.63, 3.8) is 0 Å². The summed E-state index contributed by atoms with van der Waals surface area (Å²) in [6.45, 7) is 0.290. The van der Waals surface area contributed by atoms with Gasteiger partial charge in [0, 0.05) is 27.7 Å². The minimum atomic E-state index is -0.402. The minimum Gasteiger partial charge on any atom is -0.347 e. The van der Waals surface area contributed by atoms with Crippen LogP contribution in [0.15, 0.2) is 30.3 Å². The lowest BCUT2D eigenvalue weighted by Gasteiger charge is -2.24. The van der Waals surface area contributed by atoms with Gasteiger partial charge in [0.2, 0.25) is 11.8 Å². The largest absolute Gasteiger partial charge is 0.347 e. The number of carbonyl (C=O) groups excluding carboxylic acids is 2. The van der Waals surface area contributed by atoms with E-state index in [9.17, 15) is 9.59 Å². The quantitative estimate of drug-likeness (QED) is 0.870. The molecule has 1 aromatic rings. The highest BCUT2D eigenvalue weighted by molar-refractivity contribution is 5.88. The van der Waals surface area contributed by atoms with Crippen molar-refractivity contribution in [2.24, 2.45) is 5.73 Å². The van der Waals surface area contributed by atoms with Gasteiger partial charge in [0.15, 0.2) is 0 Å². The lowest BCUT2D eigenvalue weighted by atomic mass is 9.98. The van der Waals surface area contributed by atoms with Crippen LogP contribution in [-0.2, 0) is 9.59 Å². The molecule has 0 spiro atoms. The van der Waals surface area contributed by atoms with Crippen LogP contribution in [0.2, 0.25) is 0 Å². The van der Waals surface area contributed by atoms with Crippen molar-refractivity contribution < 1.29 is 9.59 Å². The molecule has 0 radical (unpaired) electrons. The predicted molar refractivity (Wildman–Crippen MR) is 81.8 cm³/mol. The third-order valence-corrected chi connectivity index (χ3v) is 2.98. The van der Waals surface area contributed by atoms with Crippen LogP contribution in [0.5, 0.6) is 0 Å². The molecule has 0 saturated carbocycles. The summed E-state index contributed by atoms with van der Waals surface area (Å²) in [5.74, 6) is -0.648. The van der Waals surface area contributed by atoms with E-state index in [0.29, 0.717) is 0 Å². The van der Waals surface area contributed by atoms with E-state index >= 15 is 0 Å². The van der Waals surface area contributed by atoms with Crippen LogP contribution in [-0.4, -0.2) is 55.8 Å². The summed E-state index contributed by atoms with van der Waals surface area (Å²) in [7, 11) is 4.95. The number of hydrogen-bond acceptors (Lipinski definition) is 3. The molecule has 0 aliphatic rings. The average Bonchev–Trinajstić information content (AvgIpc) is 2.40. The van der Waals surface area contributed by atoms with Gasteiger partial charge < -0.3 is 15.5 Å². The van der Waals surface area contributed by atoms with E-state index in [1.165, 1.54) is 9.80 Å². The molecule has 0 saturated heterocycles. The van der Waals surface area contributed by atoms with E-state index in [1.807, 2.05) is 30.3 Å². The molecular weight excluding hydrogens is 278 g/mol. The number of nitrogens with two attached hydrogens (primary N) is 1. The molecule has 1 unspecified atom stereocenters. The van der Waals surface area contributed by atoms with Crippen LogP contribution in [0.4, 0.5) is 0 Å². The lowest BCUT2D eigenvalue weighted by molar-refractivity contribution is -0.138. The summed E-state index contributed by atoms with van der Waals surface area (Å²) in [6.07, 6.45) is 0. The first-order valence-corrected chi connectivity index (χ1v) is 6.17. The Morgan fingerprint density at radius 1 is 1.15 bits per heavy atom. The third kappa shape index (κ3) is 4.83. The van der Waals surface area contributed by atoms with Gasteiger partial charge in [-0.05, 0) is 5.56 Å². The number of nitrogens with zero attached hydrogens (tertiary/aromatic N) is 2. The van der Waals surface area contributed by atoms with Gasteiger partial charge in [-0.25, -0.2) is 0 Å². The Kier molecular flexibility index (Phi) is 7.87. The fourth-order valence-corrected chi connectivity index (χ4v) is 1.75. The normalized spacial score (nSPS) is 11.2. The third-order valence-electron chi connectivity index (χ3n) is 2.98. The predicted octanol–water partition coefficient (Wildman–Crippen LogP) is 0.697. The summed E-state index contributed by atoms with van der Waals surface area (Å²) >= 11 is 0.